The van der Waals surface area contributed by atoms with Crippen molar-refractivity contribution < 1.29 is 19.8 Å². The van der Waals surface area contributed by atoms with Gasteiger partial charge in [0.25, 0.3) is 0 Å². The topological polar surface area (TPSA) is 77.8 Å². The fourth-order valence-corrected chi connectivity index (χ4v) is 1.67. The van der Waals surface area contributed by atoms with E-state index < -0.39 is 11.9 Å². The molecule has 0 saturated carbocycles. The summed E-state index contributed by atoms with van der Waals surface area (Å²) in [5.41, 5.74) is 1.73. The number of rotatable bonds is 7. The van der Waals surface area contributed by atoms with Crippen LogP contribution in [0.2, 0.25) is 0 Å². The second-order valence-corrected chi connectivity index (χ2v) is 3.84. The van der Waals surface area contributed by atoms with Crippen LogP contribution < -0.4 is 0 Å². The Balaban J connectivity index is 2.84. The maximum atomic E-state index is 10.7. The maximum absolute atomic E-state index is 10.7. The van der Waals surface area contributed by atoms with Crippen molar-refractivity contribution in [2.24, 2.45) is 0 Å². The van der Waals surface area contributed by atoms with Crippen molar-refractivity contribution in [3.63, 3.8) is 0 Å². The van der Waals surface area contributed by atoms with Crippen molar-refractivity contribution in [2.75, 3.05) is 13.1 Å². The summed E-state index contributed by atoms with van der Waals surface area (Å²) in [7, 11) is 0. The zero-order valence-corrected chi connectivity index (χ0v) is 9.87. The van der Waals surface area contributed by atoms with Gasteiger partial charge in [-0.15, -0.1) is 0 Å². The van der Waals surface area contributed by atoms with Gasteiger partial charge in [-0.25, -0.2) is 0 Å². The predicted octanol–water partition coefficient (Wildman–Crippen LogP) is 1.30. The summed E-state index contributed by atoms with van der Waals surface area (Å²) in [6.07, 6.45) is 1.66. The summed E-state index contributed by atoms with van der Waals surface area (Å²) >= 11 is 0. The van der Waals surface area contributed by atoms with Crippen molar-refractivity contribution in [1.29, 1.82) is 0 Å². The van der Waals surface area contributed by atoms with Crippen molar-refractivity contribution in [3.8, 4) is 0 Å². The second-order valence-electron chi connectivity index (χ2n) is 3.84. The molecule has 1 aromatic carbocycles. The SMILES string of the molecule is C=Cc1ccccc1CN(CC(=O)O)CC(=O)O. The molecule has 0 aliphatic carbocycles. The summed E-state index contributed by atoms with van der Waals surface area (Å²) in [5, 5.41) is 17.5. The van der Waals surface area contributed by atoms with Gasteiger partial charge in [0.1, 0.15) is 0 Å². The lowest BCUT2D eigenvalue weighted by atomic mass is 10.1. The zero-order valence-electron chi connectivity index (χ0n) is 9.87. The van der Waals surface area contributed by atoms with Gasteiger partial charge >= 0.3 is 11.9 Å². The third-order valence-corrected chi connectivity index (χ3v) is 2.39. The Hall–Kier alpha value is -2.14. The van der Waals surface area contributed by atoms with Crippen LogP contribution in [0, 0.1) is 0 Å². The van der Waals surface area contributed by atoms with Crippen LogP contribution in [-0.4, -0.2) is 40.1 Å². The van der Waals surface area contributed by atoms with E-state index in [1.165, 1.54) is 4.90 Å². The average Bonchev–Trinajstić information content (AvgIpc) is 2.27. The van der Waals surface area contributed by atoms with E-state index in [2.05, 4.69) is 6.58 Å². The summed E-state index contributed by atoms with van der Waals surface area (Å²) in [5.74, 6) is -2.10. The molecule has 0 heterocycles. The van der Waals surface area contributed by atoms with Gasteiger partial charge in [0.15, 0.2) is 0 Å². The smallest absolute Gasteiger partial charge is 0.317 e. The Labute approximate surface area is 105 Å². The average molecular weight is 249 g/mol. The van der Waals surface area contributed by atoms with E-state index >= 15 is 0 Å². The van der Waals surface area contributed by atoms with E-state index in [1.807, 2.05) is 24.3 Å². The molecule has 0 unspecified atom stereocenters. The quantitative estimate of drug-likeness (QED) is 0.761. The molecule has 5 heteroatoms. The van der Waals surface area contributed by atoms with Crippen LogP contribution in [0.5, 0.6) is 0 Å². The van der Waals surface area contributed by atoms with E-state index in [1.54, 1.807) is 6.08 Å². The largest absolute Gasteiger partial charge is 0.480 e. The van der Waals surface area contributed by atoms with Crippen molar-refractivity contribution in [2.45, 2.75) is 6.54 Å². The molecule has 0 spiro atoms. The van der Waals surface area contributed by atoms with Gasteiger partial charge in [-0.1, -0.05) is 36.9 Å². The summed E-state index contributed by atoms with van der Waals surface area (Å²) in [4.78, 5) is 22.7. The van der Waals surface area contributed by atoms with Crippen LogP contribution in [0.1, 0.15) is 11.1 Å². The molecule has 0 aliphatic rings. The molecule has 0 aliphatic heterocycles. The molecular formula is C13H15NO4. The molecule has 0 bridgehead atoms. The third-order valence-electron chi connectivity index (χ3n) is 2.39. The summed E-state index contributed by atoms with van der Waals surface area (Å²) in [6, 6.07) is 7.34. The molecule has 96 valence electrons. The zero-order chi connectivity index (χ0) is 13.5. The molecule has 1 aromatic rings. The highest BCUT2D eigenvalue weighted by Crippen LogP contribution is 2.12. The van der Waals surface area contributed by atoms with Gasteiger partial charge < -0.3 is 10.2 Å². The number of hydrogen-bond acceptors (Lipinski definition) is 3. The second kappa shape index (κ2) is 6.56. The number of carboxylic acid groups (broad SMARTS) is 2. The number of hydrogen-bond donors (Lipinski definition) is 2. The molecule has 0 fully saturated rings. The van der Waals surface area contributed by atoms with Crippen LogP contribution in [0.4, 0.5) is 0 Å². The third kappa shape index (κ3) is 4.39. The number of benzene rings is 1. The van der Waals surface area contributed by atoms with Gasteiger partial charge in [0.2, 0.25) is 0 Å². The summed E-state index contributed by atoms with van der Waals surface area (Å²) < 4.78 is 0. The monoisotopic (exact) mass is 249 g/mol. The molecular weight excluding hydrogens is 234 g/mol. The first-order chi connectivity index (χ1) is 8.52. The van der Waals surface area contributed by atoms with Gasteiger partial charge in [0, 0.05) is 6.54 Å². The van der Waals surface area contributed by atoms with Crippen LogP contribution >= 0.6 is 0 Å². The Bertz CT molecular complexity index is 440. The van der Waals surface area contributed by atoms with Crippen LogP contribution in [0.3, 0.4) is 0 Å². The fourth-order valence-electron chi connectivity index (χ4n) is 1.67. The first-order valence-corrected chi connectivity index (χ1v) is 5.39. The minimum Gasteiger partial charge on any atom is -0.480 e. The van der Waals surface area contributed by atoms with E-state index in [-0.39, 0.29) is 19.6 Å². The number of carbonyl (C=O) groups is 2. The molecule has 0 aromatic heterocycles. The lowest BCUT2D eigenvalue weighted by Crippen LogP contribution is -2.34. The highest BCUT2D eigenvalue weighted by molar-refractivity contribution is 5.72. The highest BCUT2D eigenvalue weighted by atomic mass is 16.4. The Morgan fingerprint density at radius 2 is 1.72 bits per heavy atom. The Morgan fingerprint density at radius 1 is 1.17 bits per heavy atom. The van der Waals surface area contributed by atoms with Gasteiger partial charge in [0.05, 0.1) is 13.1 Å². The van der Waals surface area contributed by atoms with E-state index in [0.29, 0.717) is 0 Å². The van der Waals surface area contributed by atoms with Crippen LogP contribution in [0.25, 0.3) is 6.08 Å². The molecule has 0 amide bonds. The molecule has 5 nitrogen and oxygen atoms in total. The first kappa shape index (κ1) is 13.9. The van der Waals surface area contributed by atoms with Gasteiger partial charge in [-0.3, -0.25) is 14.5 Å². The Kier molecular flexibility index (Phi) is 5.07. The predicted molar refractivity (Wildman–Crippen MR) is 67.1 cm³/mol. The lowest BCUT2D eigenvalue weighted by molar-refractivity contribution is -0.142. The molecule has 18 heavy (non-hydrogen) atoms. The Morgan fingerprint density at radius 3 is 2.22 bits per heavy atom. The standard InChI is InChI=1S/C13H15NO4/c1-2-10-5-3-4-6-11(10)7-14(8-12(15)16)9-13(17)18/h2-6H,1,7-9H2,(H,15,16)(H,17,18). The first-order valence-electron chi connectivity index (χ1n) is 5.39. The molecule has 0 atom stereocenters. The maximum Gasteiger partial charge on any atom is 0.317 e. The molecule has 0 radical (unpaired) electrons. The summed E-state index contributed by atoms with van der Waals surface area (Å²) in [6.45, 7) is 3.32. The van der Waals surface area contributed by atoms with Gasteiger partial charge in [-0.05, 0) is 11.1 Å². The van der Waals surface area contributed by atoms with Gasteiger partial charge in [-0.2, -0.15) is 0 Å². The lowest BCUT2D eigenvalue weighted by Gasteiger charge is -2.19. The van der Waals surface area contributed by atoms with E-state index in [4.69, 9.17) is 10.2 Å². The van der Waals surface area contributed by atoms with E-state index in [9.17, 15) is 9.59 Å². The molecule has 2 N–H and O–H groups in total. The minimum absolute atomic E-state index is 0.265. The highest BCUT2D eigenvalue weighted by Gasteiger charge is 2.14. The normalized spacial score (nSPS) is 10.3. The van der Waals surface area contributed by atoms with Crippen molar-refractivity contribution >= 4 is 18.0 Å². The number of aliphatic carboxylic acids is 2. The van der Waals surface area contributed by atoms with Crippen molar-refractivity contribution in [1.82, 2.24) is 4.90 Å². The number of nitrogens with zero attached hydrogens (tertiary/aromatic N) is 1. The van der Waals surface area contributed by atoms with E-state index in [0.717, 1.165) is 11.1 Å². The fraction of sp³-hybridized carbons (Fsp3) is 0.231. The van der Waals surface area contributed by atoms with Crippen LogP contribution in [0.15, 0.2) is 30.8 Å². The minimum atomic E-state index is -1.05. The molecule has 1 rings (SSSR count). The van der Waals surface area contributed by atoms with Crippen LogP contribution in [-0.2, 0) is 16.1 Å². The molecule has 0 saturated heterocycles. The van der Waals surface area contributed by atoms with Crippen molar-refractivity contribution in [3.05, 3.63) is 42.0 Å². The number of carboxylic acids is 2.